The van der Waals surface area contributed by atoms with Gasteiger partial charge in [-0.1, -0.05) is 23.9 Å². The van der Waals surface area contributed by atoms with Crippen molar-refractivity contribution in [2.45, 2.75) is 29.2 Å². The maximum absolute atomic E-state index is 13.9. The van der Waals surface area contributed by atoms with Crippen LogP contribution in [0.15, 0.2) is 57.9 Å². The van der Waals surface area contributed by atoms with E-state index < -0.39 is 59.1 Å². The molecule has 290 valence electrons. The summed E-state index contributed by atoms with van der Waals surface area (Å²) in [4.78, 5) is 105. The third kappa shape index (κ3) is 7.42. The number of thioether (sulfide) groups is 2. The molecule has 2 fully saturated rings. The maximum Gasteiger partial charge on any atom is 0.352 e. The first-order chi connectivity index (χ1) is 26.9. The molecule has 0 saturated carbocycles. The number of anilines is 1. The molecule has 24 heteroatoms. The fraction of sp³-hybridized carbons (Fsp3) is 0.312. The van der Waals surface area contributed by atoms with Gasteiger partial charge in [0.2, 0.25) is 28.9 Å². The van der Waals surface area contributed by atoms with E-state index in [4.69, 9.17) is 5.11 Å². The normalized spacial score (nSPS) is 18.6. The van der Waals surface area contributed by atoms with Crippen LogP contribution in [0.3, 0.4) is 0 Å². The molecule has 0 spiro atoms. The summed E-state index contributed by atoms with van der Waals surface area (Å²) in [5.74, 6) is -4.72. The molecule has 3 aromatic heterocycles. The number of aromatic hydroxyl groups is 1. The highest BCUT2D eigenvalue weighted by Crippen LogP contribution is 2.41. The number of carbonyl (C=O) groups excluding carboxylic acids is 4. The van der Waals surface area contributed by atoms with Gasteiger partial charge in [0.05, 0.1) is 5.39 Å². The molecule has 6 heterocycles. The van der Waals surface area contributed by atoms with E-state index in [0.717, 1.165) is 34.0 Å². The van der Waals surface area contributed by atoms with Crippen molar-refractivity contribution in [2.75, 3.05) is 42.6 Å². The number of aromatic nitrogens is 7. The summed E-state index contributed by atoms with van der Waals surface area (Å²) in [6, 6.07) is 2.66. The van der Waals surface area contributed by atoms with Crippen molar-refractivity contribution in [3.8, 4) is 5.75 Å². The highest BCUT2D eigenvalue weighted by Gasteiger charge is 2.54. The molecule has 56 heavy (non-hydrogen) atoms. The number of hydrogen-bond donors (Lipinski definition) is 6. The highest BCUT2D eigenvalue weighted by molar-refractivity contribution is 8.01. The van der Waals surface area contributed by atoms with Crippen molar-refractivity contribution in [3.05, 3.63) is 69.3 Å². The van der Waals surface area contributed by atoms with E-state index in [1.165, 1.54) is 42.2 Å². The number of amides is 4. The van der Waals surface area contributed by atoms with Crippen molar-refractivity contribution in [2.24, 2.45) is 0 Å². The number of tetrazole rings is 1. The van der Waals surface area contributed by atoms with E-state index in [-0.39, 0.29) is 50.3 Å². The number of carboxylic acid groups (broad SMARTS) is 2. The molecule has 4 amide bonds. The molecule has 2 saturated heterocycles. The lowest BCUT2D eigenvalue weighted by atomic mass is 10.0. The minimum atomic E-state index is -1.48. The minimum Gasteiger partial charge on any atom is -0.508 e. The molecule has 6 N–H and O–H groups in total. The summed E-state index contributed by atoms with van der Waals surface area (Å²) < 4.78 is 1.04. The fourth-order valence-corrected chi connectivity index (χ4v) is 8.60. The molecule has 2 unspecified atom stereocenters. The predicted molar refractivity (Wildman–Crippen MR) is 194 cm³/mol. The number of phenols is 1. The van der Waals surface area contributed by atoms with Crippen molar-refractivity contribution < 1.29 is 44.1 Å². The molecule has 22 nitrogen and oxygen atoms in total. The monoisotopic (exact) mass is 806 g/mol. The van der Waals surface area contributed by atoms with Gasteiger partial charge in [0.1, 0.15) is 46.7 Å². The van der Waals surface area contributed by atoms with Gasteiger partial charge >= 0.3 is 11.9 Å². The van der Waals surface area contributed by atoms with Gasteiger partial charge in [0.15, 0.2) is 0 Å². The Hall–Kier alpha value is -6.56. The first kappa shape index (κ1) is 37.7. The Kier molecular flexibility index (Phi) is 10.6. The van der Waals surface area contributed by atoms with E-state index in [2.05, 4.69) is 41.1 Å². The smallest absolute Gasteiger partial charge is 0.352 e. The SMILES string of the molecule is O=CN1CCN(c2ncc3c(=O)c(C(=O)NC(C(=O)NC4C(=O)N5C(C(=O)O)=C(CSc6nnnn6CC(=O)O)CS[C@@H]45)c4ccc(O)cc4)c[nH]c3n2)CC1. The Balaban J connectivity index is 1.07. The van der Waals surface area contributed by atoms with Gasteiger partial charge in [-0.15, -0.1) is 16.9 Å². The van der Waals surface area contributed by atoms with E-state index in [1.54, 1.807) is 4.90 Å². The lowest BCUT2D eigenvalue weighted by Gasteiger charge is -2.49. The van der Waals surface area contributed by atoms with Gasteiger partial charge < -0.3 is 40.7 Å². The second-order valence-corrected chi connectivity index (χ2v) is 14.6. The van der Waals surface area contributed by atoms with Gasteiger partial charge in [-0.25, -0.2) is 14.5 Å². The number of β-lactam (4-membered cyclic amide) rings is 1. The lowest BCUT2D eigenvalue weighted by Crippen LogP contribution is -2.71. The van der Waals surface area contributed by atoms with Crippen molar-refractivity contribution in [1.29, 1.82) is 0 Å². The molecule has 7 rings (SSSR count). The minimum absolute atomic E-state index is 0.00641. The summed E-state index contributed by atoms with van der Waals surface area (Å²) in [7, 11) is 0. The molecule has 0 aliphatic carbocycles. The van der Waals surface area contributed by atoms with Crippen LogP contribution in [0.4, 0.5) is 5.95 Å². The van der Waals surface area contributed by atoms with Gasteiger partial charge in [0.25, 0.3) is 11.8 Å². The average Bonchev–Trinajstić information content (AvgIpc) is 3.63. The zero-order valence-corrected chi connectivity index (χ0v) is 30.4. The number of hydrogen-bond acceptors (Lipinski definition) is 16. The Labute approximate surface area is 322 Å². The number of nitrogens with zero attached hydrogens (tertiary/aromatic N) is 9. The molecule has 3 atom stereocenters. The Morgan fingerprint density at radius 2 is 1.84 bits per heavy atom. The highest BCUT2D eigenvalue weighted by atomic mass is 32.2. The number of aliphatic carboxylic acids is 2. The number of carboxylic acids is 2. The van der Waals surface area contributed by atoms with Crippen molar-refractivity contribution in [3.63, 3.8) is 0 Å². The molecular weight excluding hydrogens is 777 g/mol. The topological polar surface area (TPSA) is 299 Å². The van der Waals surface area contributed by atoms with Gasteiger partial charge in [0, 0.05) is 50.1 Å². The third-order valence-corrected chi connectivity index (χ3v) is 11.5. The zero-order chi connectivity index (χ0) is 39.7. The van der Waals surface area contributed by atoms with E-state index in [1.807, 2.05) is 4.90 Å². The van der Waals surface area contributed by atoms with Crippen LogP contribution < -0.4 is 21.0 Å². The Morgan fingerprint density at radius 3 is 2.54 bits per heavy atom. The fourth-order valence-electron chi connectivity index (χ4n) is 6.23. The second kappa shape index (κ2) is 15.7. The van der Waals surface area contributed by atoms with Crippen LogP contribution in [-0.2, 0) is 30.5 Å². The van der Waals surface area contributed by atoms with Crippen LogP contribution in [0.5, 0.6) is 5.75 Å². The summed E-state index contributed by atoms with van der Waals surface area (Å²) in [5, 5.41) is 44.4. The molecule has 0 bridgehead atoms. The lowest BCUT2D eigenvalue weighted by molar-refractivity contribution is -0.151. The quantitative estimate of drug-likeness (QED) is 0.0502. The number of aromatic amines is 1. The predicted octanol–water partition coefficient (Wildman–Crippen LogP) is -1.62. The molecule has 3 aliphatic rings. The Bertz CT molecular complexity index is 2340. The summed E-state index contributed by atoms with van der Waals surface area (Å²) in [5.41, 5.74) is -0.663. The van der Waals surface area contributed by atoms with Gasteiger partial charge in [-0.2, -0.15) is 4.98 Å². The summed E-state index contributed by atoms with van der Waals surface area (Å²) >= 11 is 2.19. The molecule has 3 aliphatic heterocycles. The molecular formula is C32H30N12O10S2. The number of fused-ring (bicyclic) bond motifs is 2. The molecule has 4 aromatic rings. The first-order valence-electron chi connectivity index (χ1n) is 16.7. The van der Waals surface area contributed by atoms with Gasteiger partial charge in [-0.05, 0) is 33.7 Å². The van der Waals surface area contributed by atoms with Crippen molar-refractivity contribution >= 4 is 76.6 Å². The number of nitrogens with one attached hydrogen (secondary N) is 3. The second-order valence-electron chi connectivity index (χ2n) is 12.5. The van der Waals surface area contributed by atoms with Crippen molar-refractivity contribution in [1.82, 2.24) is 55.6 Å². The van der Waals surface area contributed by atoms with Gasteiger partial charge in [-0.3, -0.25) is 33.7 Å². The van der Waals surface area contributed by atoms with Crippen LogP contribution in [0, 0.1) is 0 Å². The number of rotatable bonds is 13. The van der Waals surface area contributed by atoms with E-state index >= 15 is 0 Å². The van der Waals surface area contributed by atoms with E-state index in [0.29, 0.717) is 37.7 Å². The standard InChI is InChI=1S/C32H30N12O10S2/c45-14-41-5-7-42(8-6-41)31-34-9-18-24(49)19(10-33-25(18)37-31)26(50)35-21(15-1-3-17(46)4-2-15)27(51)36-22-28(52)44-23(30(53)54)16(12-55-29(22)44)13-56-32-38-39-40-43(32)11-20(47)48/h1-4,9-10,14,21-22,29,46H,5-8,11-13H2,(H,35,50)(H,36,51)(H,47,48)(H,53,54)(H,33,34,37,49)/t21?,22?,29-/m0/s1. The summed E-state index contributed by atoms with van der Waals surface area (Å²) in [6.45, 7) is 1.42. The summed E-state index contributed by atoms with van der Waals surface area (Å²) in [6.07, 6.45) is 3.21. The van der Waals surface area contributed by atoms with E-state index in [9.17, 15) is 43.8 Å². The van der Waals surface area contributed by atoms with Crippen LogP contribution in [0.25, 0.3) is 11.0 Å². The Morgan fingerprint density at radius 1 is 1.09 bits per heavy atom. The molecule has 1 aromatic carbocycles. The average molecular weight is 807 g/mol. The number of carbonyl (C=O) groups is 6. The van der Waals surface area contributed by atoms with Crippen LogP contribution in [-0.4, -0.2) is 145 Å². The number of benzene rings is 1. The molecule has 0 radical (unpaired) electrons. The number of phenolic OH excluding ortho intramolecular Hbond substituents is 1. The largest absolute Gasteiger partial charge is 0.508 e. The first-order valence-corrected chi connectivity index (χ1v) is 18.7. The maximum atomic E-state index is 13.9. The number of pyridine rings is 1. The van der Waals surface area contributed by atoms with Crippen LogP contribution in [0.1, 0.15) is 22.0 Å². The van der Waals surface area contributed by atoms with Crippen LogP contribution >= 0.6 is 23.5 Å². The number of H-pyrrole nitrogens is 1. The zero-order valence-electron chi connectivity index (χ0n) is 28.8. The third-order valence-electron chi connectivity index (χ3n) is 9.08. The van der Waals surface area contributed by atoms with Crippen LogP contribution in [0.2, 0.25) is 0 Å². The number of piperazine rings is 1.